The molecule has 4 nitrogen and oxygen atoms in total. The van der Waals surface area contributed by atoms with Crippen LogP contribution < -0.4 is 0 Å². The first-order valence-corrected chi connectivity index (χ1v) is 10.4. The second kappa shape index (κ2) is 8.28. The summed E-state index contributed by atoms with van der Waals surface area (Å²) in [5.41, 5.74) is 1.35. The van der Waals surface area contributed by atoms with Crippen molar-refractivity contribution in [1.29, 1.82) is 0 Å². The second-order valence-corrected chi connectivity index (χ2v) is 8.35. The molecule has 0 N–H and O–H groups in total. The highest BCUT2D eigenvalue weighted by Gasteiger charge is 2.35. The van der Waals surface area contributed by atoms with Crippen LogP contribution in [0.1, 0.15) is 11.3 Å². The molecule has 1 saturated heterocycles. The lowest BCUT2D eigenvalue weighted by Gasteiger charge is -2.13. The number of hydrogen-bond donors (Lipinski definition) is 0. The highest BCUT2D eigenvalue weighted by molar-refractivity contribution is 8.18. The SMILES string of the molecule is O=C1S/C(=C\c2ccc(-c3cccc(Cl)c3Cl)o2)C(=O)N1Cc1ccccc1Cl. The van der Waals surface area contributed by atoms with Crippen LogP contribution in [0, 0.1) is 0 Å². The maximum absolute atomic E-state index is 12.7. The van der Waals surface area contributed by atoms with Gasteiger partial charge in [0.05, 0.1) is 21.5 Å². The van der Waals surface area contributed by atoms with Crippen molar-refractivity contribution in [2.75, 3.05) is 0 Å². The third kappa shape index (κ3) is 4.09. The summed E-state index contributed by atoms with van der Waals surface area (Å²) in [6.45, 7) is 0.114. The Labute approximate surface area is 186 Å². The Kier molecular flexibility index (Phi) is 5.74. The minimum absolute atomic E-state index is 0.114. The summed E-state index contributed by atoms with van der Waals surface area (Å²) in [7, 11) is 0. The number of rotatable bonds is 4. The van der Waals surface area contributed by atoms with Gasteiger partial charge in [-0.15, -0.1) is 0 Å². The lowest BCUT2D eigenvalue weighted by Crippen LogP contribution is -2.27. The largest absolute Gasteiger partial charge is 0.457 e. The third-order valence-electron chi connectivity index (χ3n) is 4.28. The van der Waals surface area contributed by atoms with Crippen molar-refractivity contribution in [1.82, 2.24) is 4.90 Å². The fraction of sp³-hybridized carbons (Fsp3) is 0.0476. The van der Waals surface area contributed by atoms with Crippen LogP contribution in [0.2, 0.25) is 15.1 Å². The van der Waals surface area contributed by atoms with Gasteiger partial charge in [0.15, 0.2) is 0 Å². The Balaban J connectivity index is 1.57. The number of amides is 2. The minimum Gasteiger partial charge on any atom is -0.457 e. The molecule has 8 heteroatoms. The summed E-state index contributed by atoms with van der Waals surface area (Å²) < 4.78 is 5.79. The van der Waals surface area contributed by atoms with Crippen LogP contribution in [-0.2, 0) is 11.3 Å². The van der Waals surface area contributed by atoms with E-state index in [0.29, 0.717) is 37.7 Å². The number of imide groups is 1. The summed E-state index contributed by atoms with van der Waals surface area (Å²) in [5.74, 6) is 0.553. The number of carbonyl (C=O) groups excluding carboxylic acids is 2. The number of halogens is 3. The number of furan rings is 1. The Morgan fingerprint density at radius 2 is 1.69 bits per heavy atom. The van der Waals surface area contributed by atoms with Gasteiger partial charge < -0.3 is 4.42 Å². The van der Waals surface area contributed by atoms with Crippen molar-refractivity contribution in [2.24, 2.45) is 0 Å². The maximum atomic E-state index is 12.7. The van der Waals surface area contributed by atoms with Crippen LogP contribution in [0.5, 0.6) is 0 Å². The molecule has 0 saturated carbocycles. The summed E-state index contributed by atoms with van der Waals surface area (Å²) in [5, 5.41) is 0.952. The van der Waals surface area contributed by atoms with E-state index in [4.69, 9.17) is 39.2 Å². The van der Waals surface area contributed by atoms with Crippen LogP contribution >= 0.6 is 46.6 Å². The fourth-order valence-electron chi connectivity index (χ4n) is 2.83. The molecule has 0 unspecified atom stereocenters. The molecular formula is C21H12Cl3NO3S. The number of benzene rings is 2. The second-order valence-electron chi connectivity index (χ2n) is 6.16. The van der Waals surface area contributed by atoms with Crippen molar-refractivity contribution >= 4 is 63.8 Å². The molecule has 0 radical (unpaired) electrons. The van der Waals surface area contributed by atoms with Gasteiger partial charge in [-0.25, -0.2) is 0 Å². The molecule has 4 rings (SSSR count). The molecule has 0 aliphatic carbocycles. The predicted molar refractivity (Wildman–Crippen MR) is 117 cm³/mol. The first kappa shape index (κ1) is 20.1. The van der Waals surface area contributed by atoms with E-state index in [1.165, 1.54) is 0 Å². The molecule has 29 heavy (non-hydrogen) atoms. The molecule has 0 bridgehead atoms. The predicted octanol–water partition coefficient (Wildman–Crippen LogP) is 7.14. The molecule has 1 aromatic heterocycles. The van der Waals surface area contributed by atoms with Crippen molar-refractivity contribution in [3.05, 3.63) is 85.9 Å². The highest BCUT2D eigenvalue weighted by atomic mass is 35.5. The number of carbonyl (C=O) groups is 2. The Hall–Kier alpha value is -2.18. The average molecular weight is 465 g/mol. The van der Waals surface area contributed by atoms with E-state index in [1.807, 2.05) is 6.07 Å². The molecule has 0 spiro atoms. The lowest BCUT2D eigenvalue weighted by atomic mass is 10.2. The summed E-state index contributed by atoms with van der Waals surface area (Å²) in [6, 6.07) is 15.8. The van der Waals surface area contributed by atoms with Crippen LogP contribution in [0.15, 0.2) is 63.9 Å². The zero-order chi connectivity index (χ0) is 20.5. The van der Waals surface area contributed by atoms with Gasteiger partial charge in [-0.1, -0.05) is 59.1 Å². The lowest BCUT2D eigenvalue weighted by molar-refractivity contribution is -0.123. The maximum Gasteiger partial charge on any atom is 0.293 e. The van der Waals surface area contributed by atoms with Gasteiger partial charge >= 0.3 is 0 Å². The van der Waals surface area contributed by atoms with Crippen LogP contribution in [0.4, 0.5) is 4.79 Å². The molecule has 3 aromatic rings. The van der Waals surface area contributed by atoms with Gasteiger partial charge in [-0.05, 0) is 47.7 Å². The molecule has 2 heterocycles. The topological polar surface area (TPSA) is 50.5 Å². The Morgan fingerprint density at radius 3 is 2.48 bits per heavy atom. The van der Waals surface area contributed by atoms with Gasteiger partial charge in [0.1, 0.15) is 11.5 Å². The molecule has 0 atom stereocenters. The fourth-order valence-corrected chi connectivity index (χ4v) is 4.24. The van der Waals surface area contributed by atoms with Crippen LogP contribution in [-0.4, -0.2) is 16.0 Å². The molecule has 2 amide bonds. The molecular weight excluding hydrogens is 453 g/mol. The minimum atomic E-state index is -0.390. The zero-order valence-corrected chi connectivity index (χ0v) is 17.8. The van der Waals surface area contributed by atoms with Gasteiger partial charge in [0.25, 0.3) is 11.1 Å². The van der Waals surface area contributed by atoms with E-state index in [9.17, 15) is 9.59 Å². The Bertz CT molecular complexity index is 1160. The van der Waals surface area contributed by atoms with Crippen molar-refractivity contribution in [2.45, 2.75) is 6.54 Å². The molecule has 1 fully saturated rings. The normalized spacial score (nSPS) is 15.6. The van der Waals surface area contributed by atoms with E-state index >= 15 is 0 Å². The first-order valence-electron chi connectivity index (χ1n) is 8.47. The molecule has 146 valence electrons. The third-order valence-corrected chi connectivity index (χ3v) is 6.37. The Morgan fingerprint density at radius 1 is 0.931 bits per heavy atom. The summed E-state index contributed by atoms with van der Waals surface area (Å²) >= 11 is 19.3. The highest BCUT2D eigenvalue weighted by Crippen LogP contribution is 2.37. The van der Waals surface area contributed by atoms with Crippen molar-refractivity contribution in [3.63, 3.8) is 0 Å². The number of thioether (sulfide) groups is 1. The van der Waals surface area contributed by atoms with Crippen molar-refractivity contribution < 1.29 is 14.0 Å². The quantitative estimate of drug-likeness (QED) is 0.385. The van der Waals surface area contributed by atoms with Crippen LogP contribution in [0.3, 0.4) is 0 Å². The van der Waals surface area contributed by atoms with E-state index in [-0.39, 0.29) is 16.7 Å². The first-order chi connectivity index (χ1) is 13.9. The number of nitrogens with zero attached hydrogens (tertiary/aromatic N) is 1. The number of hydrogen-bond acceptors (Lipinski definition) is 4. The van der Waals surface area contributed by atoms with Gasteiger partial charge in [-0.3, -0.25) is 14.5 Å². The van der Waals surface area contributed by atoms with E-state index in [1.54, 1.807) is 54.6 Å². The van der Waals surface area contributed by atoms with Gasteiger partial charge in [-0.2, -0.15) is 0 Å². The average Bonchev–Trinajstić information content (AvgIpc) is 3.26. The smallest absolute Gasteiger partial charge is 0.293 e. The standard InChI is InChI=1S/C21H12Cl3NO3S/c22-15-6-2-1-4-12(15)11-25-20(26)18(29-21(25)27)10-13-8-9-17(28-13)14-5-3-7-16(23)19(14)24/h1-10H,11H2/b18-10-. The summed E-state index contributed by atoms with van der Waals surface area (Å²) in [4.78, 5) is 26.5. The van der Waals surface area contributed by atoms with Gasteiger partial charge in [0.2, 0.25) is 0 Å². The van der Waals surface area contributed by atoms with Crippen LogP contribution in [0.25, 0.3) is 17.4 Å². The van der Waals surface area contributed by atoms with E-state index in [0.717, 1.165) is 16.7 Å². The zero-order valence-electron chi connectivity index (χ0n) is 14.7. The van der Waals surface area contributed by atoms with Gasteiger partial charge in [0, 0.05) is 16.7 Å². The van der Waals surface area contributed by atoms with E-state index in [2.05, 4.69) is 0 Å². The summed E-state index contributed by atoms with van der Waals surface area (Å²) in [6.07, 6.45) is 1.54. The van der Waals surface area contributed by atoms with Crippen molar-refractivity contribution in [3.8, 4) is 11.3 Å². The molecule has 1 aliphatic heterocycles. The molecule has 2 aromatic carbocycles. The van der Waals surface area contributed by atoms with E-state index < -0.39 is 5.91 Å². The monoisotopic (exact) mass is 463 g/mol. The molecule has 1 aliphatic rings.